The van der Waals surface area contributed by atoms with Crippen molar-refractivity contribution in [2.75, 3.05) is 38.2 Å². The van der Waals surface area contributed by atoms with Crippen molar-refractivity contribution in [1.82, 2.24) is 5.32 Å². The Morgan fingerprint density at radius 3 is 2.23 bits per heavy atom. The molecule has 0 aliphatic heterocycles. The first-order chi connectivity index (χ1) is 16.9. The molecule has 3 aromatic carbocycles. The maximum Gasteiger partial charge on any atom is 0.264 e. The maximum atomic E-state index is 13.5. The van der Waals surface area contributed by atoms with Crippen LogP contribution in [0.1, 0.15) is 12.5 Å². The number of sulfonamides is 1. The molecule has 186 valence electrons. The van der Waals surface area contributed by atoms with Crippen molar-refractivity contribution in [2.24, 2.45) is 0 Å². The molecule has 3 rings (SSSR count). The predicted octanol–water partition coefficient (Wildman–Crippen LogP) is 3.66. The van der Waals surface area contributed by atoms with Gasteiger partial charge in [-0.25, -0.2) is 8.42 Å². The minimum atomic E-state index is -4.08. The number of amides is 1. The lowest BCUT2D eigenvalue weighted by atomic mass is 10.2. The summed E-state index contributed by atoms with van der Waals surface area (Å²) in [6, 6.07) is 20.4. The molecule has 0 aliphatic rings. The van der Waals surface area contributed by atoms with E-state index in [9.17, 15) is 13.2 Å². The fourth-order valence-corrected chi connectivity index (χ4v) is 4.82. The zero-order valence-corrected chi connectivity index (χ0v) is 20.9. The van der Waals surface area contributed by atoms with Gasteiger partial charge >= 0.3 is 0 Å². The number of carbonyl (C=O) groups excluding carboxylic acids is 1. The van der Waals surface area contributed by atoms with Gasteiger partial charge in [-0.2, -0.15) is 0 Å². The SMILES string of the molecule is CCc1ccc(OCCNC(=O)CN(c2cc(OC)ccc2OC)S(=O)(=O)c2ccccc2)cc1. The van der Waals surface area contributed by atoms with Crippen LogP contribution >= 0.6 is 0 Å². The molecule has 0 aromatic heterocycles. The number of aryl methyl sites for hydroxylation is 1. The molecule has 0 bridgehead atoms. The molecule has 0 saturated carbocycles. The summed E-state index contributed by atoms with van der Waals surface area (Å²) in [5.74, 6) is 0.930. The molecule has 0 radical (unpaired) electrons. The molecule has 0 atom stereocenters. The van der Waals surface area contributed by atoms with E-state index >= 15 is 0 Å². The summed E-state index contributed by atoms with van der Waals surface area (Å²) in [4.78, 5) is 12.9. The van der Waals surface area contributed by atoms with Crippen LogP contribution in [0, 0.1) is 0 Å². The van der Waals surface area contributed by atoms with Crippen molar-refractivity contribution in [2.45, 2.75) is 18.2 Å². The summed E-state index contributed by atoms with van der Waals surface area (Å²) in [7, 11) is -1.17. The van der Waals surface area contributed by atoms with E-state index in [2.05, 4.69) is 12.2 Å². The molecule has 1 amide bonds. The number of methoxy groups -OCH3 is 2. The van der Waals surface area contributed by atoms with Crippen LogP contribution in [0.2, 0.25) is 0 Å². The van der Waals surface area contributed by atoms with Crippen molar-refractivity contribution >= 4 is 21.6 Å². The molecule has 0 heterocycles. The highest BCUT2D eigenvalue weighted by atomic mass is 32.2. The smallest absolute Gasteiger partial charge is 0.264 e. The topological polar surface area (TPSA) is 94.2 Å². The first kappa shape index (κ1) is 25.9. The molecule has 0 aliphatic carbocycles. The average Bonchev–Trinajstić information content (AvgIpc) is 2.90. The van der Waals surface area contributed by atoms with Crippen molar-refractivity contribution in [1.29, 1.82) is 0 Å². The third-order valence-corrected chi connectivity index (χ3v) is 7.07. The number of nitrogens with one attached hydrogen (secondary N) is 1. The first-order valence-corrected chi connectivity index (χ1v) is 12.6. The van der Waals surface area contributed by atoms with Crippen LogP contribution in [-0.2, 0) is 21.2 Å². The van der Waals surface area contributed by atoms with E-state index in [-0.39, 0.29) is 29.5 Å². The van der Waals surface area contributed by atoms with Gasteiger partial charge in [0, 0.05) is 6.07 Å². The quantitative estimate of drug-likeness (QED) is 0.383. The van der Waals surface area contributed by atoms with E-state index < -0.39 is 22.5 Å². The van der Waals surface area contributed by atoms with Crippen LogP contribution in [0.15, 0.2) is 77.7 Å². The number of ether oxygens (including phenoxy) is 3. The van der Waals surface area contributed by atoms with Crippen LogP contribution in [0.4, 0.5) is 5.69 Å². The minimum absolute atomic E-state index is 0.0523. The lowest BCUT2D eigenvalue weighted by Gasteiger charge is -2.26. The van der Waals surface area contributed by atoms with Crippen LogP contribution < -0.4 is 23.8 Å². The van der Waals surface area contributed by atoms with E-state index in [1.807, 2.05) is 24.3 Å². The summed E-state index contributed by atoms with van der Waals surface area (Å²) in [5, 5.41) is 2.72. The molecule has 3 aromatic rings. The van der Waals surface area contributed by atoms with Gasteiger partial charge in [0.05, 0.1) is 31.3 Å². The van der Waals surface area contributed by atoms with Gasteiger partial charge in [0.15, 0.2) is 0 Å². The van der Waals surface area contributed by atoms with Gasteiger partial charge in [-0.1, -0.05) is 37.3 Å². The maximum absolute atomic E-state index is 13.5. The molecular formula is C26H30N2O6S. The zero-order chi connectivity index (χ0) is 25.3. The summed E-state index contributed by atoms with van der Waals surface area (Å²) in [6.45, 7) is 2.08. The monoisotopic (exact) mass is 498 g/mol. The second-order valence-corrected chi connectivity index (χ2v) is 9.42. The van der Waals surface area contributed by atoms with Gasteiger partial charge < -0.3 is 19.5 Å². The standard InChI is InChI=1S/C26H30N2O6S/c1-4-20-10-12-21(13-11-20)34-17-16-27-26(29)19-28(35(30,31)23-8-6-5-7-9-23)24-18-22(32-2)14-15-25(24)33-3/h5-15,18H,4,16-17,19H2,1-3H3,(H,27,29). The van der Waals surface area contributed by atoms with E-state index in [0.29, 0.717) is 11.5 Å². The Hall–Kier alpha value is -3.72. The van der Waals surface area contributed by atoms with Gasteiger partial charge in [0.2, 0.25) is 5.91 Å². The number of hydrogen-bond donors (Lipinski definition) is 1. The number of carbonyl (C=O) groups is 1. The van der Waals surface area contributed by atoms with Crippen LogP contribution in [0.25, 0.3) is 0 Å². The second-order valence-electron chi connectivity index (χ2n) is 7.56. The Balaban J connectivity index is 1.76. The van der Waals surface area contributed by atoms with Gasteiger partial charge in [0.25, 0.3) is 10.0 Å². The molecule has 9 heteroatoms. The summed E-state index contributed by atoms with van der Waals surface area (Å²) in [5.41, 5.74) is 1.40. The van der Waals surface area contributed by atoms with Crippen molar-refractivity contribution in [3.05, 3.63) is 78.4 Å². The Morgan fingerprint density at radius 1 is 0.914 bits per heavy atom. The Labute approximate surface area is 206 Å². The number of anilines is 1. The summed E-state index contributed by atoms with van der Waals surface area (Å²) in [6.07, 6.45) is 0.941. The highest BCUT2D eigenvalue weighted by Gasteiger charge is 2.29. The number of nitrogens with zero attached hydrogens (tertiary/aromatic N) is 1. The van der Waals surface area contributed by atoms with Crippen molar-refractivity contribution < 1.29 is 27.4 Å². The van der Waals surface area contributed by atoms with Gasteiger partial charge in [-0.3, -0.25) is 9.10 Å². The zero-order valence-electron chi connectivity index (χ0n) is 20.1. The van der Waals surface area contributed by atoms with Crippen LogP contribution in [-0.4, -0.2) is 48.2 Å². The molecular weight excluding hydrogens is 468 g/mol. The predicted molar refractivity (Wildman–Crippen MR) is 135 cm³/mol. The van der Waals surface area contributed by atoms with E-state index in [0.717, 1.165) is 10.7 Å². The van der Waals surface area contributed by atoms with Crippen LogP contribution in [0.5, 0.6) is 17.2 Å². The fourth-order valence-electron chi connectivity index (χ4n) is 3.38. The lowest BCUT2D eigenvalue weighted by Crippen LogP contribution is -2.42. The summed E-state index contributed by atoms with van der Waals surface area (Å²) >= 11 is 0. The lowest BCUT2D eigenvalue weighted by molar-refractivity contribution is -0.119. The number of hydrogen-bond acceptors (Lipinski definition) is 6. The van der Waals surface area contributed by atoms with Crippen molar-refractivity contribution in [3.63, 3.8) is 0 Å². The first-order valence-electron chi connectivity index (χ1n) is 11.2. The Kier molecular flexibility index (Phi) is 8.97. The number of benzene rings is 3. The number of rotatable bonds is 12. The third kappa shape index (κ3) is 6.66. The van der Waals surface area contributed by atoms with Gasteiger partial charge in [-0.05, 0) is 48.4 Å². The van der Waals surface area contributed by atoms with E-state index in [4.69, 9.17) is 14.2 Å². The highest BCUT2D eigenvalue weighted by Crippen LogP contribution is 2.35. The van der Waals surface area contributed by atoms with E-state index in [1.54, 1.807) is 30.3 Å². The molecule has 0 fully saturated rings. The fraction of sp³-hybridized carbons (Fsp3) is 0.269. The second kappa shape index (κ2) is 12.1. The van der Waals surface area contributed by atoms with Crippen molar-refractivity contribution in [3.8, 4) is 17.2 Å². The third-order valence-electron chi connectivity index (χ3n) is 5.30. The normalized spacial score (nSPS) is 10.9. The Morgan fingerprint density at radius 2 is 1.60 bits per heavy atom. The highest BCUT2D eigenvalue weighted by molar-refractivity contribution is 7.92. The summed E-state index contributed by atoms with van der Waals surface area (Å²) < 4.78 is 44.4. The molecule has 0 spiro atoms. The molecule has 35 heavy (non-hydrogen) atoms. The molecule has 0 saturated heterocycles. The minimum Gasteiger partial charge on any atom is -0.497 e. The molecule has 0 unspecified atom stereocenters. The molecule has 1 N–H and O–H groups in total. The largest absolute Gasteiger partial charge is 0.497 e. The van der Waals surface area contributed by atoms with Gasteiger partial charge in [0.1, 0.15) is 30.4 Å². The Bertz CT molecular complexity index is 1210. The molecule has 8 nitrogen and oxygen atoms in total. The average molecular weight is 499 g/mol. The van der Waals surface area contributed by atoms with E-state index in [1.165, 1.54) is 38.0 Å². The van der Waals surface area contributed by atoms with Crippen LogP contribution in [0.3, 0.4) is 0 Å². The van der Waals surface area contributed by atoms with Gasteiger partial charge in [-0.15, -0.1) is 0 Å².